The summed E-state index contributed by atoms with van der Waals surface area (Å²) >= 11 is 5.81. The van der Waals surface area contributed by atoms with E-state index in [4.69, 9.17) is 25.5 Å². The molecule has 0 spiro atoms. The van der Waals surface area contributed by atoms with Crippen LogP contribution in [0.15, 0.2) is 33.5 Å². The van der Waals surface area contributed by atoms with Gasteiger partial charge in [-0.1, -0.05) is 0 Å². The van der Waals surface area contributed by atoms with E-state index in [0.29, 0.717) is 10.9 Å². The third kappa shape index (κ3) is 3.50. The van der Waals surface area contributed by atoms with Crippen LogP contribution in [-0.4, -0.2) is 57.7 Å². The summed E-state index contributed by atoms with van der Waals surface area (Å²) in [6.07, 6.45) is -6.95. The molecule has 2 aromatic rings. The van der Waals surface area contributed by atoms with Crippen LogP contribution in [0.25, 0.3) is 11.0 Å². The van der Waals surface area contributed by atoms with Gasteiger partial charge in [-0.05, 0) is 17.7 Å². The summed E-state index contributed by atoms with van der Waals surface area (Å²) in [7, 11) is 0. The lowest BCUT2D eigenvalue weighted by Gasteiger charge is -2.39. The van der Waals surface area contributed by atoms with Crippen molar-refractivity contribution in [3.05, 3.63) is 40.2 Å². The highest BCUT2D eigenvalue weighted by molar-refractivity contribution is 6.17. The second-order valence-electron chi connectivity index (χ2n) is 5.70. The summed E-state index contributed by atoms with van der Waals surface area (Å²) in [4.78, 5) is 11.6. The van der Waals surface area contributed by atoms with Gasteiger partial charge in [-0.2, -0.15) is 0 Å². The molecule has 0 radical (unpaired) electrons. The van der Waals surface area contributed by atoms with Crippen LogP contribution < -0.4 is 10.4 Å². The van der Waals surface area contributed by atoms with E-state index in [1.807, 2.05) is 0 Å². The van der Waals surface area contributed by atoms with Crippen molar-refractivity contribution < 1.29 is 34.3 Å². The van der Waals surface area contributed by atoms with E-state index in [1.54, 1.807) is 12.1 Å². The summed E-state index contributed by atoms with van der Waals surface area (Å²) in [6, 6.07) is 5.91. The van der Waals surface area contributed by atoms with Crippen LogP contribution in [0.3, 0.4) is 0 Å². The Morgan fingerprint density at radius 2 is 1.88 bits per heavy atom. The highest BCUT2D eigenvalue weighted by Crippen LogP contribution is 2.27. The molecule has 1 aromatic carbocycles. The maximum atomic E-state index is 11.6. The van der Waals surface area contributed by atoms with E-state index in [0.717, 1.165) is 0 Å². The van der Waals surface area contributed by atoms with Crippen molar-refractivity contribution in [3.63, 3.8) is 0 Å². The normalized spacial score (nSPS) is 29.7. The highest BCUT2D eigenvalue weighted by atomic mass is 35.5. The van der Waals surface area contributed by atoms with E-state index < -0.39 is 42.9 Å². The van der Waals surface area contributed by atoms with Crippen molar-refractivity contribution in [1.82, 2.24) is 0 Å². The lowest BCUT2D eigenvalue weighted by atomic mass is 9.99. The van der Waals surface area contributed by atoms with Crippen LogP contribution in [0.5, 0.6) is 5.75 Å². The monoisotopic (exact) mass is 372 g/mol. The summed E-state index contributed by atoms with van der Waals surface area (Å²) in [5.41, 5.74) is 0.283. The van der Waals surface area contributed by atoms with Crippen molar-refractivity contribution >= 4 is 22.6 Å². The van der Waals surface area contributed by atoms with E-state index in [2.05, 4.69) is 0 Å². The Kier molecular flexibility index (Phi) is 5.28. The minimum Gasteiger partial charge on any atom is -0.462 e. The average Bonchev–Trinajstić information content (AvgIpc) is 2.61. The van der Waals surface area contributed by atoms with Crippen molar-refractivity contribution in [2.24, 2.45) is 0 Å². The number of hydrogen-bond donors (Lipinski definition) is 4. The topological polar surface area (TPSA) is 130 Å². The molecule has 8 nitrogen and oxygen atoms in total. The molecule has 5 atom stereocenters. The predicted molar refractivity (Wildman–Crippen MR) is 86.4 cm³/mol. The largest absolute Gasteiger partial charge is 0.462 e. The van der Waals surface area contributed by atoms with E-state index in [1.165, 1.54) is 12.1 Å². The first-order valence-electron chi connectivity index (χ1n) is 7.54. The van der Waals surface area contributed by atoms with Gasteiger partial charge in [0.25, 0.3) is 0 Å². The maximum absolute atomic E-state index is 11.6. The molecule has 25 heavy (non-hydrogen) atoms. The van der Waals surface area contributed by atoms with Gasteiger partial charge in [0, 0.05) is 23.4 Å². The molecular formula is C16H17ClO8. The molecule has 3 rings (SSSR count). The fourth-order valence-corrected chi connectivity index (χ4v) is 2.91. The molecule has 2 heterocycles. The predicted octanol–water partition coefficient (Wildman–Crippen LogP) is -0.290. The molecule has 1 fully saturated rings. The number of hydrogen-bond acceptors (Lipinski definition) is 8. The zero-order valence-corrected chi connectivity index (χ0v) is 13.7. The Labute approximate surface area is 146 Å². The summed E-state index contributed by atoms with van der Waals surface area (Å²) in [6.45, 7) is -0.559. The van der Waals surface area contributed by atoms with Crippen LogP contribution in [0.1, 0.15) is 5.56 Å². The number of alkyl halides is 1. The molecule has 136 valence electrons. The van der Waals surface area contributed by atoms with Crippen LogP contribution >= 0.6 is 11.6 Å². The zero-order valence-electron chi connectivity index (χ0n) is 12.9. The second-order valence-corrected chi connectivity index (χ2v) is 5.96. The van der Waals surface area contributed by atoms with Gasteiger partial charge in [-0.3, -0.25) is 0 Å². The van der Waals surface area contributed by atoms with Crippen LogP contribution in [0.2, 0.25) is 0 Å². The zero-order chi connectivity index (χ0) is 18.1. The number of benzene rings is 1. The Morgan fingerprint density at radius 3 is 2.56 bits per heavy atom. The molecule has 0 amide bonds. The third-order valence-corrected chi connectivity index (χ3v) is 4.33. The Bertz CT molecular complexity index is 804. The molecule has 1 aromatic heterocycles. The number of halogens is 1. The summed E-state index contributed by atoms with van der Waals surface area (Å²) in [5, 5.41) is 39.3. The van der Waals surface area contributed by atoms with Crippen molar-refractivity contribution in [1.29, 1.82) is 0 Å². The van der Waals surface area contributed by atoms with Gasteiger partial charge in [0.05, 0.1) is 6.61 Å². The molecular weight excluding hydrogens is 356 g/mol. The average molecular weight is 373 g/mol. The number of aliphatic hydroxyl groups excluding tert-OH is 4. The second kappa shape index (κ2) is 7.28. The third-order valence-electron chi connectivity index (χ3n) is 4.05. The van der Waals surface area contributed by atoms with E-state index >= 15 is 0 Å². The smallest absolute Gasteiger partial charge is 0.336 e. The SMILES string of the molecule is O=c1cc(CCl)c2ccc(O[C@@H]3O[C@H](CO)[C@H](O)[C@H](O)[C@H]3O)cc2o1. The van der Waals surface area contributed by atoms with Crippen molar-refractivity contribution in [2.45, 2.75) is 36.6 Å². The Balaban J connectivity index is 1.88. The van der Waals surface area contributed by atoms with Gasteiger partial charge in [0.2, 0.25) is 6.29 Å². The first-order chi connectivity index (χ1) is 11.9. The fraction of sp³-hybridized carbons (Fsp3) is 0.438. The molecule has 0 unspecified atom stereocenters. The van der Waals surface area contributed by atoms with Crippen LogP contribution in [0.4, 0.5) is 0 Å². The van der Waals surface area contributed by atoms with Crippen LogP contribution in [0, 0.1) is 0 Å². The fourth-order valence-electron chi connectivity index (χ4n) is 2.69. The summed E-state index contributed by atoms with van der Waals surface area (Å²) < 4.78 is 15.9. The van der Waals surface area contributed by atoms with Crippen molar-refractivity contribution in [2.75, 3.05) is 6.61 Å². The molecule has 4 N–H and O–H groups in total. The molecule has 1 saturated heterocycles. The van der Waals surface area contributed by atoms with Gasteiger partial charge in [0.1, 0.15) is 35.7 Å². The number of ether oxygens (including phenoxy) is 2. The molecule has 0 aliphatic carbocycles. The van der Waals surface area contributed by atoms with Gasteiger partial charge < -0.3 is 34.3 Å². The standard InChI is InChI=1S/C16H17ClO8/c17-5-7-3-12(19)24-10-4-8(1-2-9(7)10)23-16-15(22)14(21)13(20)11(6-18)25-16/h1-4,11,13-16,18,20-22H,5-6H2/t11-,13+,14+,15-,16-/m1/s1. The number of fused-ring (bicyclic) bond motifs is 1. The number of rotatable bonds is 4. The van der Waals surface area contributed by atoms with E-state index in [9.17, 15) is 25.2 Å². The van der Waals surface area contributed by atoms with Gasteiger partial charge in [0.15, 0.2) is 0 Å². The minimum absolute atomic E-state index is 0.134. The minimum atomic E-state index is -1.54. The van der Waals surface area contributed by atoms with Gasteiger partial charge in [-0.25, -0.2) is 4.79 Å². The molecule has 0 bridgehead atoms. The molecule has 1 aliphatic heterocycles. The summed E-state index contributed by atoms with van der Waals surface area (Å²) in [5.74, 6) is 0.335. The molecule has 1 aliphatic rings. The Morgan fingerprint density at radius 1 is 1.12 bits per heavy atom. The first kappa shape index (κ1) is 18.1. The first-order valence-corrected chi connectivity index (χ1v) is 8.08. The maximum Gasteiger partial charge on any atom is 0.336 e. The van der Waals surface area contributed by atoms with Gasteiger partial charge in [-0.15, -0.1) is 11.6 Å². The van der Waals surface area contributed by atoms with E-state index in [-0.39, 0.29) is 17.2 Å². The van der Waals surface area contributed by atoms with Gasteiger partial charge >= 0.3 is 5.63 Å². The molecule has 0 saturated carbocycles. The Hall–Kier alpha value is -1.68. The highest BCUT2D eigenvalue weighted by Gasteiger charge is 2.44. The van der Waals surface area contributed by atoms with Crippen molar-refractivity contribution in [3.8, 4) is 5.75 Å². The lowest BCUT2D eigenvalue weighted by Crippen LogP contribution is -2.60. The quantitative estimate of drug-likeness (QED) is 0.425. The molecule has 9 heteroatoms. The number of aliphatic hydroxyl groups is 4. The lowest BCUT2D eigenvalue weighted by molar-refractivity contribution is -0.277. The van der Waals surface area contributed by atoms with Crippen LogP contribution in [-0.2, 0) is 10.6 Å².